The van der Waals surface area contributed by atoms with E-state index in [-0.39, 0.29) is 0 Å². The second-order valence-electron chi connectivity index (χ2n) is 4.35. The van der Waals surface area contributed by atoms with Crippen molar-refractivity contribution >= 4 is 11.8 Å². The lowest BCUT2D eigenvalue weighted by Crippen LogP contribution is -2.56. The van der Waals surface area contributed by atoms with Crippen molar-refractivity contribution in [3.63, 3.8) is 0 Å². The van der Waals surface area contributed by atoms with Crippen molar-refractivity contribution in [2.24, 2.45) is 0 Å². The highest BCUT2D eigenvalue weighted by Crippen LogP contribution is 2.33. The first kappa shape index (κ1) is 11.0. The summed E-state index contributed by atoms with van der Waals surface area (Å²) < 4.78 is 0. The van der Waals surface area contributed by atoms with E-state index < -0.39 is 0 Å². The van der Waals surface area contributed by atoms with E-state index in [0.717, 1.165) is 13.1 Å². The molecule has 1 N–H and O–H groups in total. The minimum Gasteiger partial charge on any atom is -0.315 e. The summed E-state index contributed by atoms with van der Waals surface area (Å²) in [5.41, 5.74) is 1.96. The van der Waals surface area contributed by atoms with Gasteiger partial charge in [0.1, 0.15) is 0 Å². The van der Waals surface area contributed by atoms with E-state index in [1.54, 1.807) is 0 Å². The zero-order chi connectivity index (χ0) is 10.6. The van der Waals surface area contributed by atoms with Crippen LogP contribution in [0.15, 0.2) is 30.3 Å². The molecule has 0 spiro atoms. The molecule has 2 rings (SSSR count). The fraction of sp³-hybridized carbons (Fsp3) is 0.538. The third-order valence-electron chi connectivity index (χ3n) is 3.32. The summed E-state index contributed by atoms with van der Waals surface area (Å²) in [6.45, 7) is 2.32. The van der Waals surface area contributed by atoms with Crippen molar-refractivity contribution < 1.29 is 0 Å². The molecule has 1 nitrogen and oxygen atoms in total. The van der Waals surface area contributed by atoms with Gasteiger partial charge in [0.2, 0.25) is 0 Å². The first-order chi connectivity index (χ1) is 7.37. The van der Waals surface area contributed by atoms with E-state index in [2.05, 4.69) is 41.9 Å². The van der Waals surface area contributed by atoms with Crippen LogP contribution in [0.2, 0.25) is 0 Å². The molecule has 2 heteroatoms. The van der Waals surface area contributed by atoms with Crippen LogP contribution in [0.3, 0.4) is 0 Å². The lowest BCUT2D eigenvalue weighted by Gasteiger charge is -2.43. The van der Waals surface area contributed by atoms with Crippen molar-refractivity contribution in [2.45, 2.75) is 18.3 Å². The van der Waals surface area contributed by atoms with Gasteiger partial charge in [0.15, 0.2) is 0 Å². The highest BCUT2D eigenvalue weighted by molar-refractivity contribution is 7.98. The minimum absolute atomic E-state index is 0.441. The number of benzene rings is 1. The normalized spacial score (nSPS) is 18.5. The van der Waals surface area contributed by atoms with Crippen LogP contribution in [0.4, 0.5) is 0 Å². The summed E-state index contributed by atoms with van der Waals surface area (Å²) >= 11 is 1.95. The zero-order valence-corrected chi connectivity index (χ0v) is 10.1. The van der Waals surface area contributed by atoms with Crippen molar-refractivity contribution in [1.82, 2.24) is 5.32 Å². The average Bonchev–Trinajstić information content (AvgIpc) is 2.23. The molecule has 1 fully saturated rings. The number of hydrogen-bond donors (Lipinski definition) is 1. The second kappa shape index (κ2) is 5.04. The summed E-state index contributed by atoms with van der Waals surface area (Å²) in [5.74, 6) is 1.29. The molecule has 1 saturated heterocycles. The highest BCUT2D eigenvalue weighted by Gasteiger charge is 2.37. The Kier molecular flexibility index (Phi) is 3.71. The Hall–Kier alpha value is -0.470. The summed E-state index contributed by atoms with van der Waals surface area (Å²) in [7, 11) is 0. The first-order valence-electron chi connectivity index (χ1n) is 5.63. The van der Waals surface area contributed by atoms with Crippen molar-refractivity contribution in [1.29, 1.82) is 0 Å². The summed E-state index contributed by atoms with van der Waals surface area (Å²) in [6.07, 6.45) is 4.84. The number of hydrogen-bond acceptors (Lipinski definition) is 2. The number of nitrogens with one attached hydrogen (secondary N) is 1. The molecule has 15 heavy (non-hydrogen) atoms. The van der Waals surface area contributed by atoms with Gasteiger partial charge in [0.05, 0.1) is 0 Å². The van der Waals surface area contributed by atoms with Gasteiger partial charge in [-0.15, -0.1) is 0 Å². The topological polar surface area (TPSA) is 12.0 Å². The van der Waals surface area contributed by atoms with E-state index >= 15 is 0 Å². The first-order valence-corrected chi connectivity index (χ1v) is 7.02. The summed E-state index contributed by atoms with van der Waals surface area (Å²) in [4.78, 5) is 0. The Labute approximate surface area is 96.7 Å². The quantitative estimate of drug-likeness (QED) is 0.767. The molecule has 0 aromatic heterocycles. The molecule has 82 valence electrons. The second-order valence-corrected chi connectivity index (χ2v) is 5.33. The van der Waals surface area contributed by atoms with Crippen LogP contribution >= 0.6 is 11.8 Å². The van der Waals surface area contributed by atoms with E-state index in [9.17, 15) is 0 Å². The van der Waals surface area contributed by atoms with Gasteiger partial charge in [-0.25, -0.2) is 0 Å². The maximum Gasteiger partial charge on any atom is 0.0203 e. The number of rotatable bonds is 5. The van der Waals surface area contributed by atoms with Crippen LogP contribution < -0.4 is 5.32 Å². The molecule has 1 aromatic carbocycles. The maximum absolute atomic E-state index is 3.42. The lowest BCUT2D eigenvalue weighted by molar-refractivity contribution is 0.256. The maximum atomic E-state index is 3.42. The standard InChI is InChI=1S/C13H19NS/c1-15-9-5-8-13(10-14-11-13)12-6-3-2-4-7-12/h2-4,6-7,14H,5,8-11H2,1H3. The van der Waals surface area contributed by atoms with Gasteiger partial charge in [-0.3, -0.25) is 0 Å². The molecule has 0 unspecified atom stereocenters. The predicted molar refractivity (Wildman–Crippen MR) is 68.6 cm³/mol. The third-order valence-corrected chi connectivity index (χ3v) is 4.01. The predicted octanol–water partition coefficient (Wildman–Crippen LogP) is 2.67. The Morgan fingerprint density at radius 3 is 2.53 bits per heavy atom. The molecule has 1 heterocycles. The molecular weight excluding hydrogens is 202 g/mol. The van der Waals surface area contributed by atoms with Crippen molar-refractivity contribution in [3.8, 4) is 0 Å². The van der Waals surface area contributed by atoms with Crippen LogP contribution in [-0.4, -0.2) is 25.1 Å². The molecule has 1 aliphatic heterocycles. The summed E-state index contributed by atoms with van der Waals surface area (Å²) in [6, 6.07) is 11.0. The average molecular weight is 221 g/mol. The Morgan fingerprint density at radius 2 is 2.00 bits per heavy atom. The molecule has 0 saturated carbocycles. The van der Waals surface area contributed by atoms with Crippen LogP contribution in [0.5, 0.6) is 0 Å². The van der Waals surface area contributed by atoms with E-state index in [1.807, 2.05) is 11.8 Å². The Bertz CT molecular complexity index is 293. The minimum atomic E-state index is 0.441. The van der Waals surface area contributed by atoms with Gasteiger partial charge in [0.25, 0.3) is 0 Å². The van der Waals surface area contributed by atoms with Gasteiger partial charge in [-0.05, 0) is 30.4 Å². The SMILES string of the molecule is CSCCCC1(c2ccccc2)CNC1. The van der Waals surface area contributed by atoms with Gasteiger partial charge < -0.3 is 5.32 Å². The molecule has 0 amide bonds. The Morgan fingerprint density at radius 1 is 1.27 bits per heavy atom. The van der Waals surface area contributed by atoms with E-state index in [4.69, 9.17) is 0 Å². The van der Waals surface area contributed by atoms with Crippen molar-refractivity contribution in [2.75, 3.05) is 25.1 Å². The fourth-order valence-corrected chi connectivity index (χ4v) is 2.73. The van der Waals surface area contributed by atoms with E-state index in [0.29, 0.717) is 5.41 Å². The molecule has 1 aliphatic rings. The van der Waals surface area contributed by atoms with Crippen molar-refractivity contribution in [3.05, 3.63) is 35.9 Å². The fourth-order valence-electron chi connectivity index (χ4n) is 2.30. The van der Waals surface area contributed by atoms with E-state index in [1.165, 1.54) is 24.2 Å². The highest BCUT2D eigenvalue weighted by atomic mass is 32.2. The lowest BCUT2D eigenvalue weighted by atomic mass is 9.72. The molecule has 0 bridgehead atoms. The molecule has 0 aliphatic carbocycles. The van der Waals surface area contributed by atoms with Crippen LogP contribution in [0, 0.1) is 0 Å². The van der Waals surface area contributed by atoms with Crippen LogP contribution in [0.1, 0.15) is 18.4 Å². The molecule has 0 radical (unpaired) electrons. The molecular formula is C13H19NS. The molecule has 0 atom stereocenters. The van der Waals surface area contributed by atoms with Gasteiger partial charge in [-0.2, -0.15) is 11.8 Å². The van der Waals surface area contributed by atoms with Gasteiger partial charge in [0, 0.05) is 18.5 Å². The third kappa shape index (κ3) is 2.37. The smallest absolute Gasteiger partial charge is 0.0203 e. The van der Waals surface area contributed by atoms with Crippen LogP contribution in [-0.2, 0) is 5.41 Å². The largest absolute Gasteiger partial charge is 0.315 e. The van der Waals surface area contributed by atoms with Gasteiger partial charge >= 0.3 is 0 Å². The number of thioether (sulfide) groups is 1. The Balaban J connectivity index is 2.02. The zero-order valence-electron chi connectivity index (χ0n) is 9.33. The monoisotopic (exact) mass is 221 g/mol. The summed E-state index contributed by atoms with van der Waals surface area (Å²) in [5, 5.41) is 3.42. The van der Waals surface area contributed by atoms with Gasteiger partial charge in [-0.1, -0.05) is 30.3 Å². The molecule has 1 aromatic rings. The van der Waals surface area contributed by atoms with Crippen LogP contribution in [0.25, 0.3) is 0 Å².